The van der Waals surface area contributed by atoms with Crippen LogP contribution in [0.5, 0.6) is 0 Å². The molecule has 0 radical (unpaired) electrons. The Labute approximate surface area is 148 Å². The van der Waals surface area contributed by atoms with E-state index in [0.717, 1.165) is 30.4 Å². The molecule has 24 heavy (non-hydrogen) atoms. The van der Waals surface area contributed by atoms with Gasteiger partial charge in [-0.3, -0.25) is 19.7 Å². The number of carbonyl (C=O) groups excluding carboxylic acids is 3. The van der Waals surface area contributed by atoms with Crippen molar-refractivity contribution in [2.75, 3.05) is 19.6 Å². The third-order valence-corrected chi connectivity index (χ3v) is 4.65. The summed E-state index contributed by atoms with van der Waals surface area (Å²) in [6.07, 6.45) is 4.04. The maximum atomic E-state index is 12.1. The molecule has 7 heteroatoms. The SMILES string of the molecule is O=C1NC(=O)c2ccc(Br)cc2C1=CNCCCN1CCCC1=O. The molecule has 1 aromatic rings. The molecule has 0 saturated carbocycles. The molecule has 2 N–H and O–H groups in total. The van der Waals surface area contributed by atoms with Gasteiger partial charge in [-0.1, -0.05) is 15.9 Å². The average molecular weight is 392 g/mol. The molecule has 0 aliphatic carbocycles. The standard InChI is InChI=1S/C17H18BrN3O3/c18-11-4-5-12-13(9-11)14(17(24)20-16(12)23)10-19-6-2-8-21-7-1-3-15(21)22/h4-5,9-10,19H,1-3,6-8H2,(H,20,23,24). The number of halogens is 1. The van der Waals surface area contributed by atoms with Crippen molar-refractivity contribution >= 4 is 39.2 Å². The van der Waals surface area contributed by atoms with Crippen molar-refractivity contribution in [3.8, 4) is 0 Å². The normalized spacial score (nSPS) is 18.8. The van der Waals surface area contributed by atoms with Crippen molar-refractivity contribution in [2.45, 2.75) is 19.3 Å². The van der Waals surface area contributed by atoms with Gasteiger partial charge in [0.25, 0.3) is 11.8 Å². The summed E-state index contributed by atoms with van der Waals surface area (Å²) in [7, 11) is 0. The van der Waals surface area contributed by atoms with Gasteiger partial charge in [-0.25, -0.2) is 0 Å². The van der Waals surface area contributed by atoms with Gasteiger partial charge in [0.05, 0.1) is 5.57 Å². The maximum Gasteiger partial charge on any atom is 0.260 e. The third-order valence-electron chi connectivity index (χ3n) is 4.16. The van der Waals surface area contributed by atoms with Gasteiger partial charge in [-0.2, -0.15) is 0 Å². The third kappa shape index (κ3) is 3.51. The zero-order valence-electron chi connectivity index (χ0n) is 13.1. The summed E-state index contributed by atoms with van der Waals surface area (Å²) >= 11 is 3.37. The van der Waals surface area contributed by atoms with E-state index in [9.17, 15) is 14.4 Å². The largest absolute Gasteiger partial charge is 0.390 e. The summed E-state index contributed by atoms with van der Waals surface area (Å²) in [5.41, 5.74) is 1.53. The predicted octanol–water partition coefficient (Wildman–Crippen LogP) is 1.66. The van der Waals surface area contributed by atoms with Crippen LogP contribution in [0.25, 0.3) is 5.57 Å². The van der Waals surface area contributed by atoms with Crippen molar-refractivity contribution in [1.82, 2.24) is 15.5 Å². The lowest BCUT2D eigenvalue weighted by Gasteiger charge is -2.19. The second-order valence-corrected chi connectivity index (χ2v) is 6.74. The van der Waals surface area contributed by atoms with Crippen LogP contribution in [0.3, 0.4) is 0 Å². The molecule has 6 nitrogen and oxygen atoms in total. The van der Waals surface area contributed by atoms with Gasteiger partial charge in [0.2, 0.25) is 5.91 Å². The van der Waals surface area contributed by atoms with E-state index in [4.69, 9.17) is 0 Å². The minimum atomic E-state index is -0.409. The Morgan fingerprint density at radius 3 is 2.79 bits per heavy atom. The highest BCUT2D eigenvalue weighted by Crippen LogP contribution is 2.26. The zero-order chi connectivity index (χ0) is 17.1. The summed E-state index contributed by atoms with van der Waals surface area (Å²) in [5, 5.41) is 5.45. The summed E-state index contributed by atoms with van der Waals surface area (Å²) in [6.45, 7) is 2.21. The maximum absolute atomic E-state index is 12.1. The molecule has 126 valence electrons. The number of nitrogens with zero attached hydrogens (tertiary/aromatic N) is 1. The van der Waals surface area contributed by atoms with E-state index in [1.807, 2.05) is 4.90 Å². The molecular weight excluding hydrogens is 374 g/mol. The molecule has 2 heterocycles. The van der Waals surface area contributed by atoms with E-state index >= 15 is 0 Å². The first kappa shape index (κ1) is 16.7. The van der Waals surface area contributed by atoms with Gasteiger partial charge in [0.15, 0.2) is 0 Å². The van der Waals surface area contributed by atoms with Gasteiger partial charge >= 0.3 is 0 Å². The number of fused-ring (bicyclic) bond motifs is 1. The molecule has 3 rings (SSSR count). The predicted molar refractivity (Wildman–Crippen MR) is 93.0 cm³/mol. The van der Waals surface area contributed by atoms with Crippen LogP contribution in [0.1, 0.15) is 35.2 Å². The lowest BCUT2D eigenvalue weighted by Crippen LogP contribution is -2.37. The first-order chi connectivity index (χ1) is 11.6. The minimum Gasteiger partial charge on any atom is -0.390 e. The van der Waals surface area contributed by atoms with Crippen LogP contribution >= 0.6 is 15.9 Å². The van der Waals surface area contributed by atoms with Crippen LogP contribution in [-0.4, -0.2) is 42.3 Å². The molecule has 1 fully saturated rings. The molecule has 2 aliphatic rings. The summed E-state index contributed by atoms with van der Waals surface area (Å²) in [5.74, 6) is -0.572. The van der Waals surface area contributed by atoms with Crippen LogP contribution in [0.2, 0.25) is 0 Å². The minimum absolute atomic E-state index is 0.220. The van der Waals surface area contributed by atoms with Gasteiger partial charge in [-0.15, -0.1) is 0 Å². The Morgan fingerprint density at radius 2 is 2.04 bits per heavy atom. The topological polar surface area (TPSA) is 78.5 Å². The number of carbonyl (C=O) groups is 3. The van der Waals surface area contributed by atoms with Crippen molar-refractivity contribution < 1.29 is 14.4 Å². The number of rotatable bonds is 5. The highest BCUT2D eigenvalue weighted by atomic mass is 79.9. The van der Waals surface area contributed by atoms with Gasteiger partial charge in [0.1, 0.15) is 0 Å². The monoisotopic (exact) mass is 391 g/mol. The molecule has 2 aliphatic heterocycles. The van der Waals surface area contributed by atoms with Crippen molar-refractivity contribution in [3.05, 3.63) is 40.0 Å². The van der Waals surface area contributed by atoms with Crippen LogP contribution in [0.4, 0.5) is 0 Å². The van der Waals surface area contributed by atoms with Crippen LogP contribution in [0, 0.1) is 0 Å². The van der Waals surface area contributed by atoms with E-state index in [1.54, 1.807) is 24.4 Å². The number of hydrogen-bond acceptors (Lipinski definition) is 4. The molecule has 1 saturated heterocycles. The molecule has 0 atom stereocenters. The van der Waals surface area contributed by atoms with Crippen LogP contribution < -0.4 is 10.6 Å². The lowest BCUT2D eigenvalue weighted by atomic mass is 9.96. The zero-order valence-corrected chi connectivity index (χ0v) is 14.7. The van der Waals surface area contributed by atoms with E-state index in [-0.39, 0.29) is 11.8 Å². The summed E-state index contributed by atoms with van der Waals surface area (Å²) in [6, 6.07) is 5.22. The summed E-state index contributed by atoms with van der Waals surface area (Å²) < 4.78 is 0.808. The van der Waals surface area contributed by atoms with Gasteiger partial charge < -0.3 is 10.2 Å². The Morgan fingerprint density at radius 1 is 1.21 bits per heavy atom. The van der Waals surface area contributed by atoms with Gasteiger partial charge in [0, 0.05) is 47.9 Å². The smallest absolute Gasteiger partial charge is 0.260 e. The number of benzene rings is 1. The molecule has 0 bridgehead atoms. The lowest BCUT2D eigenvalue weighted by molar-refractivity contribution is -0.127. The van der Waals surface area contributed by atoms with Crippen molar-refractivity contribution in [3.63, 3.8) is 0 Å². The highest BCUT2D eigenvalue weighted by molar-refractivity contribution is 9.10. The number of hydrogen-bond donors (Lipinski definition) is 2. The summed E-state index contributed by atoms with van der Waals surface area (Å²) in [4.78, 5) is 37.4. The fraction of sp³-hybridized carbons (Fsp3) is 0.353. The number of nitrogens with one attached hydrogen (secondary N) is 2. The Balaban J connectivity index is 1.63. The number of likely N-dealkylation sites (tertiary alicyclic amines) is 1. The Bertz CT molecular complexity index is 730. The van der Waals surface area contributed by atoms with E-state index in [2.05, 4.69) is 26.6 Å². The highest BCUT2D eigenvalue weighted by Gasteiger charge is 2.27. The first-order valence-electron chi connectivity index (χ1n) is 7.93. The van der Waals surface area contributed by atoms with Crippen molar-refractivity contribution in [2.24, 2.45) is 0 Å². The average Bonchev–Trinajstić information content (AvgIpc) is 2.94. The second-order valence-electron chi connectivity index (χ2n) is 5.82. The van der Waals surface area contributed by atoms with Crippen molar-refractivity contribution in [1.29, 1.82) is 0 Å². The van der Waals surface area contributed by atoms with E-state index in [0.29, 0.717) is 29.7 Å². The van der Waals surface area contributed by atoms with Crippen LogP contribution in [0.15, 0.2) is 28.9 Å². The van der Waals surface area contributed by atoms with Crippen LogP contribution in [-0.2, 0) is 9.59 Å². The Hall–Kier alpha value is -2.15. The molecule has 3 amide bonds. The second kappa shape index (κ2) is 7.17. The molecule has 0 spiro atoms. The Kier molecular flexibility index (Phi) is 4.99. The van der Waals surface area contributed by atoms with E-state index in [1.165, 1.54) is 0 Å². The fourth-order valence-corrected chi connectivity index (χ4v) is 3.29. The molecular formula is C17H18BrN3O3. The number of amides is 3. The number of imide groups is 1. The van der Waals surface area contributed by atoms with Gasteiger partial charge in [-0.05, 0) is 31.0 Å². The fourth-order valence-electron chi connectivity index (χ4n) is 2.93. The molecule has 0 unspecified atom stereocenters. The molecule has 1 aromatic carbocycles. The molecule has 0 aromatic heterocycles. The quantitative estimate of drug-likeness (QED) is 0.454. The first-order valence-corrected chi connectivity index (χ1v) is 8.72. The van der Waals surface area contributed by atoms with E-state index < -0.39 is 5.91 Å².